The molecule has 5 nitrogen and oxygen atoms in total. The lowest BCUT2D eigenvalue weighted by Gasteiger charge is -2.23. The van der Waals surface area contributed by atoms with Crippen molar-refractivity contribution in [1.29, 1.82) is 0 Å². The molecule has 1 heterocycles. The maximum Gasteiger partial charge on any atom is 0.291 e. The highest BCUT2D eigenvalue weighted by Crippen LogP contribution is 2.31. The van der Waals surface area contributed by atoms with E-state index >= 15 is 0 Å². The monoisotopic (exact) mass is 422 g/mol. The number of hydrogen-bond acceptors (Lipinski definition) is 4. The quantitative estimate of drug-likeness (QED) is 0.311. The van der Waals surface area contributed by atoms with Crippen LogP contribution in [0.3, 0.4) is 0 Å². The fourth-order valence-electron chi connectivity index (χ4n) is 2.79. The lowest BCUT2D eigenvalue weighted by Crippen LogP contribution is -2.28. The number of hydrogen-bond donors (Lipinski definition) is 0. The number of rotatable bonds is 12. The Labute approximate surface area is 176 Å². The summed E-state index contributed by atoms with van der Waals surface area (Å²) in [7, 11) is 1.52. The molecule has 0 bridgehead atoms. The van der Waals surface area contributed by atoms with E-state index in [4.69, 9.17) is 4.74 Å². The van der Waals surface area contributed by atoms with E-state index in [0.29, 0.717) is 18.0 Å². The van der Waals surface area contributed by atoms with Crippen LogP contribution in [0.25, 0.3) is 0 Å². The summed E-state index contributed by atoms with van der Waals surface area (Å²) in [5.74, 6) is -2.55. The Morgan fingerprint density at radius 2 is 1.90 bits per heavy atom. The molecular formula is C22H29F3N4O. The standard InChI is InChI=1S/C22H29F3N4O/c1-4-17(2)15-29(28-26-3)13-12-22(24,25)21-11-10-19(14-27-21)30-16-20(23)18-8-6-5-7-9-18/h5-11,14,17,20H,4,12-13,15-16H2,1-3H3. The number of ether oxygens (including phenoxy) is 1. The molecule has 0 radical (unpaired) electrons. The Morgan fingerprint density at radius 3 is 2.50 bits per heavy atom. The van der Waals surface area contributed by atoms with E-state index in [-0.39, 0.29) is 24.6 Å². The minimum atomic E-state index is -3.12. The number of alkyl halides is 3. The molecule has 2 atom stereocenters. The van der Waals surface area contributed by atoms with Crippen molar-refractivity contribution in [2.75, 3.05) is 26.7 Å². The van der Waals surface area contributed by atoms with Gasteiger partial charge in [0.25, 0.3) is 5.92 Å². The zero-order chi connectivity index (χ0) is 22.0. The molecule has 1 aromatic heterocycles. The Hall–Kier alpha value is -2.64. The van der Waals surface area contributed by atoms with Gasteiger partial charge in [-0.1, -0.05) is 55.8 Å². The van der Waals surface area contributed by atoms with Gasteiger partial charge in [-0.15, -0.1) is 0 Å². The summed E-state index contributed by atoms with van der Waals surface area (Å²) >= 11 is 0. The number of benzene rings is 1. The third-order valence-electron chi connectivity index (χ3n) is 4.79. The van der Waals surface area contributed by atoms with E-state index in [1.807, 2.05) is 13.8 Å². The second-order valence-electron chi connectivity index (χ2n) is 7.24. The summed E-state index contributed by atoms with van der Waals surface area (Å²) in [5, 5.41) is 9.21. The van der Waals surface area contributed by atoms with Crippen LogP contribution in [0.4, 0.5) is 13.2 Å². The van der Waals surface area contributed by atoms with Gasteiger partial charge >= 0.3 is 0 Å². The molecule has 0 aliphatic carbocycles. The Balaban J connectivity index is 1.91. The van der Waals surface area contributed by atoms with Crippen LogP contribution in [0.2, 0.25) is 0 Å². The minimum Gasteiger partial charge on any atom is -0.489 e. The molecule has 2 unspecified atom stereocenters. The van der Waals surface area contributed by atoms with E-state index in [1.165, 1.54) is 25.4 Å². The zero-order valence-corrected chi connectivity index (χ0v) is 17.6. The van der Waals surface area contributed by atoms with Gasteiger partial charge in [0.15, 0.2) is 6.17 Å². The van der Waals surface area contributed by atoms with Crippen LogP contribution in [-0.2, 0) is 5.92 Å². The lowest BCUT2D eigenvalue weighted by molar-refractivity contribution is -0.0275. The van der Waals surface area contributed by atoms with Gasteiger partial charge in [0.2, 0.25) is 0 Å². The fourth-order valence-corrected chi connectivity index (χ4v) is 2.79. The second kappa shape index (κ2) is 11.5. The lowest BCUT2D eigenvalue weighted by atomic mass is 10.1. The second-order valence-corrected chi connectivity index (χ2v) is 7.24. The van der Waals surface area contributed by atoms with Crippen LogP contribution in [0, 0.1) is 5.92 Å². The smallest absolute Gasteiger partial charge is 0.291 e. The molecule has 8 heteroatoms. The minimum absolute atomic E-state index is 0.0647. The van der Waals surface area contributed by atoms with Crippen LogP contribution in [0.5, 0.6) is 5.75 Å². The molecule has 0 saturated heterocycles. The van der Waals surface area contributed by atoms with Gasteiger partial charge in [0.1, 0.15) is 18.1 Å². The van der Waals surface area contributed by atoms with Gasteiger partial charge in [-0.2, -0.15) is 13.9 Å². The van der Waals surface area contributed by atoms with Crippen LogP contribution in [-0.4, -0.2) is 36.7 Å². The summed E-state index contributed by atoms with van der Waals surface area (Å²) < 4.78 is 48.7. The van der Waals surface area contributed by atoms with Crippen LogP contribution in [0.15, 0.2) is 59.0 Å². The van der Waals surface area contributed by atoms with Crippen molar-refractivity contribution in [2.24, 2.45) is 16.3 Å². The van der Waals surface area contributed by atoms with Crippen molar-refractivity contribution in [2.45, 2.75) is 38.8 Å². The summed E-state index contributed by atoms with van der Waals surface area (Å²) in [6, 6.07) is 11.2. The third kappa shape index (κ3) is 7.31. The summed E-state index contributed by atoms with van der Waals surface area (Å²) in [6.45, 7) is 4.49. The molecule has 0 saturated carbocycles. The van der Waals surface area contributed by atoms with Gasteiger partial charge in [0.05, 0.1) is 13.2 Å². The highest BCUT2D eigenvalue weighted by molar-refractivity contribution is 5.23. The Kier molecular flexibility index (Phi) is 9.08. The van der Waals surface area contributed by atoms with E-state index in [0.717, 1.165) is 6.42 Å². The van der Waals surface area contributed by atoms with Gasteiger partial charge < -0.3 is 4.74 Å². The van der Waals surface area contributed by atoms with Gasteiger partial charge in [0, 0.05) is 19.5 Å². The van der Waals surface area contributed by atoms with Crippen molar-refractivity contribution >= 4 is 0 Å². The topological polar surface area (TPSA) is 50.1 Å². The number of aromatic nitrogens is 1. The van der Waals surface area contributed by atoms with Crippen molar-refractivity contribution in [3.63, 3.8) is 0 Å². The highest BCUT2D eigenvalue weighted by atomic mass is 19.3. The first-order valence-electron chi connectivity index (χ1n) is 10.1. The number of pyridine rings is 1. The fraction of sp³-hybridized carbons (Fsp3) is 0.500. The molecule has 164 valence electrons. The van der Waals surface area contributed by atoms with Crippen molar-refractivity contribution in [3.8, 4) is 5.75 Å². The molecule has 0 N–H and O–H groups in total. The molecule has 0 fully saturated rings. The maximum atomic E-state index is 14.6. The molecule has 1 aromatic carbocycles. The zero-order valence-electron chi connectivity index (χ0n) is 17.6. The van der Waals surface area contributed by atoms with Crippen LogP contribution < -0.4 is 4.74 Å². The molecule has 0 aliphatic heterocycles. The first-order chi connectivity index (χ1) is 14.4. The molecule has 2 rings (SSSR count). The molecule has 0 amide bonds. The summed E-state index contributed by atoms with van der Waals surface area (Å²) in [5.41, 5.74) is 0.145. The summed E-state index contributed by atoms with van der Waals surface area (Å²) in [6.07, 6.45) is 0.385. The SMILES string of the molecule is CCC(C)CN(CCC(F)(F)c1ccc(OCC(F)c2ccccc2)cn1)N=NC. The van der Waals surface area contributed by atoms with Gasteiger partial charge in [-0.25, -0.2) is 4.39 Å². The maximum absolute atomic E-state index is 14.6. The van der Waals surface area contributed by atoms with Crippen LogP contribution in [0.1, 0.15) is 44.1 Å². The Morgan fingerprint density at radius 1 is 1.17 bits per heavy atom. The molecule has 30 heavy (non-hydrogen) atoms. The molecule has 0 spiro atoms. The molecule has 2 aromatic rings. The first kappa shape index (κ1) is 23.6. The third-order valence-corrected chi connectivity index (χ3v) is 4.79. The normalized spacial score (nSPS) is 13.9. The van der Waals surface area contributed by atoms with E-state index < -0.39 is 18.5 Å². The van der Waals surface area contributed by atoms with E-state index in [1.54, 1.807) is 35.3 Å². The van der Waals surface area contributed by atoms with Crippen molar-refractivity contribution in [1.82, 2.24) is 9.99 Å². The predicted molar refractivity (Wildman–Crippen MR) is 110 cm³/mol. The van der Waals surface area contributed by atoms with Crippen LogP contribution >= 0.6 is 0 Å². The molecule has 0 aliphatic rings. The van der Waals surface area contributed by atoms with Gasteiger partial charge in [-0.3, -0.25) is 9.99 Å². The van der Waals surface area contributed by atoms with Crippen molar-refractivity contribution < 1.29 is 17.9 Å². The largest absolute Gasteiger partial charge is 0.489 e. The first-order valence-corrected chi connectivity index (χ1v) is 10.1. The Bertz CT molecular complexity index is 772. The van der Waals surface area contributed by atoms with Gasteiger partial charge in [-0.05, 0) is 23.6 Å². The highest BCUT2D eigenvalue weighted by Gasteiger charge is 2.33. The molecular weight excluding hydrogens is 393 g/mol. The summed E-state index contributed by atoms with van der Waals surface area (Å²) in [4.78, 5) is 3.83. The van der Waals surface area contributed by atoms with E-state index in [9.17, 15) is 13.2 Å². The number of nitrogens with zero attached hydrogens (tertiary/aromatic N) is 4. The number of halogens is 3. The average molecular weight is 422 g/mol. The predicted octanol–water partition coefficient (Wildman–Crippen LogP) is 6.00. The van der Waals surface area contributed by atoms with E-state index in [2.05, 4.69) is 15.3 Å². The van der Waals surface area contributed by atoms with Crippen molar-refractivity contribution in [3.05, 3.63) is 59.9 Å². The average Bonchev–Trinajstić information content (AvgIpc) is 2.76.